The number of H-pyrrole nitrogens is 1. The topological polar surface area (TPSA) is 40.7 Å². The Bertz CT molecular complexity index is 685. The Balaban J connectivity index is 1.99. The van der Waals surface area contributed by atoms with Gasteiger partial charge in [0, 0.05) is 29.0 Å². The van der Waals surface area contributed by atoms with E-state index >= 15 is 0 Å². The number of hydrogen-bond acceptors (Lipinski definition) is 2. The lowest BCUT2D eigenvalue weighted by Crippen LogP contribution is -2.03. The van der Waals surface area contributed by atoms with Crippen molar-refractivity contribution in [2.24, 2.45) is 0 Å². The number of rotatable bonds is 5. The van der Waals surface area contributed by atoms with Gasteiger partial charge in [-0.3, -0.25) is 0 Å². The minimum atomic E-state index is 0.986. The third-order valence-corrected chi connectivity index (χ3v) is 3.49. The molecule has 0 spiro atoms. The van der Waals surface area contributed by atoms with Crippen LogP contribution in [-0.2, 0) is 0 Å². The van der Waals surface area contributed by atoms with Crippen molar-refractivity contribution >= 4 is 27.6 Å². The molecule has 19 heavy (non-hydrogen) atoms. The molecule has 0 aliphatic rings. The maximum Gasteiger partial charge on any atom is 0.136 e. The first kappa shape index (κ1) is 12.0. The zero-order valence-corrected chi connectivity index (χ0v) is 11.2. The molecule has 0 fully saturated rings. The molecular weight excluding hydrogens is 234 g/mol. The Morgan fingerprint density at radius 2 is 2.00 bits per heavy atom. The molecule has 0 saturated carbocycles. The lowest BCUT2D eigenvalue weighted by Gasteiger charge is -2.06. The van der Waals surface area contributed by atoms with E-state index in [0.717, 1.165) is 17.9 Å². The van der Waals surface area contributed by atoms with E-state index in [-0.39, 0.29) is 0 Å². The van der Waals surface area contributed by atoms with Crippen molar-refractivity contribution in [1.29, 1.82) is 0 Å². The summed E-state index contributed by atoms with van der Waals surface area (Å²) in [5.41, 5.74) is 2.32. The largest absolute Gasteiger partial charge is 0.369 e. The number of aromatic amines is 1. The average molecular weight is 253 g/mol. The highest BCUT2D eigenvalue weighted by atomic mass is 15.0. The normalized spacial score (nSPS) is 11.2. The Kier molecular flexibility index (Phi) is 3.36. The molecule has 3 heteroatoms. The highest BCUT2D eigenvalue weighted by molar-refractivity contribution is 6.12. The molecule has 3 nitrogen and oxygen atoms in total. The van der Waals surface area contributed by atoms with E-state index in [9.17, 15) is 0 Å². The zero-order valence-electron chi connectivity index (χ0n) is 11.2. The van der Waals surface area contributed by atoms with Gasteiger partial charge in [-0.05, 0) is 18.6 Å². The van der Waals surface area contributed by atoms with Crippen molar-refractivity contribution in [2.75, 3.05) is 11.9 Å². The fourth-order valence-corrected chi connectivity index (χ4v) is 2.51. The predicted molar refractivity (Wildman–Crippen MR) is 81.6 cm³/mol. The highest BCUT2D eigenvalue weighted by Crippen LogP contribution is 2.29. The summed E-state index contributed by atoms with van der Waals surface area (Å²) >= 11 is 0. The fraction of sp³-hybridized carbons (Fsp3) is 0.312. The van der Waals surface area contributed by atoms with Gasteiger partial charge in [-0.15, -0.1) is 0 Å². The summed E-state index contributed by atoms with van der Waals surface area (Å²) in [4.78, 5) is 7.94. The molecule has 2 heterocycles. The number of nitrogens with one attached hydrogen (secondary N) is 2. The number of anilines is 1. The molecule has 3 aromatic rings. The number of nitrogens with zero attached hydrogens (tertiary/aromatic N) is 1. The van der Waals surface area contributed by atoms with E-state index in [0.29, 0.717) is 0 Å². The molecule has 0 amide bonds. The minimum Gasteiger partial charge on any atom is -0.369 e. The van der Waals surface area contributed by atoms with E-state index in [4.69, 9.17) is 0 Å². The van der Waals surface area contributed by atoms with E-state index in [1.807, 2.05) is 12.3 Å². The molecular formula is C16H19N3. The van der Waals surface area contributed by atoms with Crippen LogP contribution in [0, 0.1) is 0 Å². The average Bonchev–Trinajstić information content (AvgIpc) is 2.83. The van der Waals surface area contributed by atoms with Gasteiger partial charge >= 0.3 is 0 Å². The van der Waals surface area contributed by atoms with E-state index < -0.39 is 0 Å². The molecule has 0 atom stereocenters. The second kappa shape index (κ2) is 5.31. The molecule has 3 rings (SSSR count). The highest BCUT2D eigenvalue weighted by Gasteiger charge is 2.08. The summed E-state index contributed by atoms with van der Waals surface area (Å²) in [6.45, 7) is 3.21. The van der Waals surface area contributed by atoms with Crippen LogP contribution in [0.25, 0.3) is 21.8 Å². The van der Waals surface area contributed by atoms with Crippen molar-refractivity contribution in [3.8, 4) is 0 Å². The van der Waals surface area contributed by atoms with Crippen molar-refractivity contribution < 1.29 is 0 Å². The molecule has 2 aromatic heterocycles. The van der Waals surface area contributed by atoms with Gasteiger partial charge in [0.05, 0.1) is 5.52 Å². The van der Waals surface area contributed by atoms with Gasteiger partial charge in [0.1, 0.15) is 5.82 Å². The van der Waals surface area contributed by atoms with Gasteiger partial charge < -0.3 is 10.3 Å². The van der Waals surface area contributed by atoms with Crippen LogP contribution in [-0.4, -0.2) is 16.5 Å². The Morgan fingerprint density at radius 3 is 2.89 bits per heavy atom. The van der Waals surface area contributed by atoms with Crippen LogP contribution in [0.15, 0.2) is 36.5 Å². The number of pyridine rings is 1. The lowest BCUT2D eigenvalue weighted by molar-refractivity contribution is 0.743. The Hall–Kier alpha value is -2.03. The van der Waals surface area contributed by atoms with Crippen LogP contribution in [0.2, 0.25) is 0 Å². The number of aromatic nitrogens is 2. The molecule has 0 aliphatic heterocycles. The second-order valence-corrected chi connectivity index (χ2v) is 4.89. The van der Waals surface area contributed by atoms with E-state index in [2.05, 4.69) is 46.5 Å². The third-order valence-electron chi connectivity index (χ3n) is 3.49. The van der Waals surface area contributed by atoms with Crippen molar-refractivity contribution in [1.82, 2.24) is 9.97 Å². The molecule has 0 radical (unpaired) electrons. The van der Waals surface area contributed by atoms with Crippen molar-refractivity contribution in [3.63, 3.8) is 0 Å². The SMILES string of the molecule is CCCCCNc1nccc2[nH]c3ccccc3c12. The first-order chi connectivity index (χ1) is 9.40. The predicted octanol–water partition coefficient (Wildman–Crippen LogP) is 4.32. The summed E-state index contributed by atoms with van der Waals surface area (Å²) in [6.07, 6.45) is 5.56. The summed E-state index contributed by atoms with van der Waals surface area (Å²) in [5.74, 6) is 0.992. The van der Waals surface area contributed by atoms with E-state index in [1.165, 1.54) is 35.6 Å². The van der Waals surface area contributed by atoms with Crippen LogP contribution in [0.5, 0.6) is 0 Å². The zero-order chi connectivity index (χ0) is 13.1. The molecule has 0 bridgehead atoms. The molecule has 98 valence electrons. The van der Waals surface area contributed by atoms with Gasteiger partial charge in [0.25, 0.3) is 0 Å². The maximum absolute atomic E-state index is 4.50. The smallest absolute Gasteiger partial charge is 0.136 e. The maximum atomic E-state index is 4.50. The van der Waals surface area contributed by atoms with Gasteiger partial charge in [-0.2, -0.15) is 0 Å². The van der Waals surface area contributed by atoms with Crippen molar-refractivity contribution in [3.05, 3.63) is 36.5 Å². The van der Waals surface area contributed by atoms with Gasteiger partial charge in [-0.25, -0.2) is 4.98 Å². The standard InChI is InChI=1S/C16H19N3/c1-2-3-6-10-17-16-15-12-7-4-5-8-13(12)19-14(15)9-11-18-16/h4-5,7-9,11,19H,2-3,6,10H2,1H3,(H,17,18). The van der Waals surface area contributed by atoms with Gasteiger partial charge in [0.15, 0.2) is 0 Å². The van der Waals surface area contributed by atoms with E-state index in [1.54, 1.807) is 0 Å². The van der Waals surface area contributed by atoms with Crippen LogP contribution in [0.3, 0.4) is 0 Å². The molecule has 0 saturated heterocycles. The molecule has 0 aliphatic carbocycles. The van der Waals surface area contributed by atoms with Crippen molar-refractivity contribution in [2.45, 2.75) is 26.2 Å². The Labute approximate surface area is 113 Å². The monoisotopic (exact) mass is 253 g/mol. The van der Waals surface area contributed by atoms with Crippen LogP contribution < -0.4 is 5.32 Å². The molecule has 2 N–H and O–H groups in total. The summed E-state index contributed by atoms with van der Waals surface area (Å²) in [7, 11) is 0. The fourth-order valence-electron chi connectivity index (χ4n) is 2.51. The summed E-state index contributed by atoms with van der Waals surface area (Å²) in [5, 5.41) is 5.91. The summed E-state index contributed by atoms with van der Waals surface area (Å²) in [6, 6.07) is 10.4. The lowest BCUT2D eigenvalue weighted by atomic mass is 10.2. The quantitative estimate of drug-likeness (QED) is 0.665. The number of para-hydroxylation sites is 1. The van der Waals surface area contributed by atoms with Crippen LogP contribution in [0.4, 0.5) is 5.82 Å². The number of unbranched alkanes of at least 4 members (excludes halogenated alkanes) is 2. The number of fused-ring (bicyclic) bond motifs is 3. The summed E-state index contributed by atoms with van der Waals surface area (Å²) < 4.78 is 0. The third kappa shape index (κ3) is 2.28. The molecule has 0 unspecified atom stereocenters. The van der Waals surface area contributed by atoms with Crippen LogP contribution in [0.1, 0.15) is 26.2 Å². The van der Waals surface area contributed by atoms with Gasteiger partial charge in [-0.1, -0.05) is 38.0 Å². The van der Waals surface area contributed by atoms with Gasteiger partial charge in [0.2, 0.25) is 0 Å². The second-order valence-electron chi connectivity index (χ2n) is 4.89. The Morgan fingerprint density at radius 1 is 1.11 bits per heavy atom. The van der Waals surface area contributed by atoms with Crippen LogP contribution >= 0.6 is 0 Å². The first-order valence-corrected chi connectivity index (χ1v) is 6.99. The molecule has 1 aromatic carbocycles. The first-order valence-electron chi connectivity index (χ1n) is 6.99. The number of hydrogen-bond donors (Lipinski definition) is 2. The number of benzene rings is 1. The minimum absolute atomic E-state index is 0.986.